The van der Waals surface area contributed by atoms with Gasteiger partial charge < -0.3 is 5.73 Å². The van der Waals surface area contributed by atoms with E-state index in [1.807, 2.05) is 0 Å². The zero-order chi connectivity index (χ0) is 15.2. The lowest BCUT2D eigenvalue weighted by Crippen LogP contribution is -2.08. The molecule has 0 saturated heterocycles. The first-order chi connectivity index (χ1) is 9.28. The van der Waals surface area contributed by atoms with E-state index in [0.29, 0.717) is 16.7 Å². The van der Waals surface area contributed by atoms with Crippen LogP contribution in [0.4, 0.5) is 0 Å². The predicted octanol–water partition coefficient (Wildman–Crippen LogP) is 4.89. The predicted molar refractivity (Wildman–Crippen MR) is 86.1 cm³/mol. The Morgan fingerprint density at radius 3 is 1.85 bits per heavy atom. The van der Waals surface area contributed by atoms with Crippen LogP contribution in [0.15, 0.2) is 0 Å². The van der Waals surface area contributed by atoms with Gasteiger partial charge in [-0.1, -0.05) is 27.7 Å². The quantitative estimate of drug-likeness (QED) is 0.799. The maximum atomic E-state index is 8.45. The van der Waals surface area contributed by atoms with Gasteiger partial charge in [-0.05, 0) is 74.2 Å². The van der Waals surface area contributed by atoms with E-state index >= 15 is 0 Å². The second-order valence-corrected chi connectivity index (χ2v) is 8.49. The third-order valence-corrected chi connectivity index (χ3v) is 5.10. The minimum atomic E-state index is 0.515. The van der Waals surface area contributed by atoms with Gasteiger partial charge >= 0.3 is 0 Å². The Morgan fingerprint density at radius 1 is 1.00 bits per heavy atom. The van der Waals surface area contributed by atoms with E-state index in [1.54, 1.807) is 0 Å². The summed E-state index contributed by atoms with van der Waals surface area (Å²) in [6.45, 7) is 10.2. The molecule has 2 unspecified atom stereocenters. The van der Waals surface area contributed by atoms with Crippen LogP contribution in [-0.2, 0) is 0 Å². The minimum absolute atomic E-state index is 0.515. The van der Waals surface area contributed by atoms with Crippen LogP contribution in [0, 0.1) is 34.0 Å². The summed E-state index contributed by atoms with van der Waals surface area (Å²) in [4.78, 5) is 0. The molecule has 0 aromatic carbocycles. The number of hydrogen-bond donors (Lipinski definition) is 1. The van der Waals surface area contributed by atoms with E-state index in [4.69, 9.17) is 11.0 Å². The van der Waals surface area contributed by atoms with Crippen molar-refractivity contribution >= 4 is 0 Å². The van der Waals surface area contributed by atoms with Crippen molar-refractivity contribution in [3.8, 4) is 6.07 Å². The average Bonchev–Trinajstić information content (AvgIpc) is 2.84. The lowest BCUT2D eigenvalue weighted by molar-refractivity contribution is 0.355. The van der Waals surface area contributed by atoms with Crippen molar-refractivity contribution < 1.29 is 0 Å². The van der Waals surface area contributed by atoms with Crippen molar-refractivity contribution in [1.82, 2.24) is 0 Å². The minimum Gasteiger partial charge on any atom is -0.330 e. The van der Waals surface area contributed by atoms with Crippen LogP contribution in [-0.4, -0.2) is 6.54 Å². The van der Waals surface area contributed by atoms with Crippen LogP contribution < -0.4 is 5.73 Å². The molecule has 2 atom stereocenters. The van der Waals surface area contributed by atoms with Gasteiger partial charge in [0.15, 0.2) is 0 Å². The SMILES string of the molecule is CC1(C)CCC(CC#N)C1.CC1(C)CCC(CCN)C1. The molecule has 0 radical (unpaired) electrons. The fourth-order valence-corrected chi connectivity index (χ4v) is 3.95. The molecule has 0 spiro atoms. The third kappa shape index (κ3) is 6.27. The van der Waals surface area contributed by atoms with E-state index in [9.17, 15) is 0 Å². The van der Waals surface area contributed by atoms with Crippen molar-refractivity contribution in [1.29, 1.82) is 5.26 Å². The van der Waals surface area contributed by atoms with Gasteiger partial charge in [-0.25, -0.2) is 0 Å². The maximum absolute atomic E-state index is 8.45. The molecule has 2 aliphatic carbocycles. The van der Waals surface area contributed by atoms with Crippen LogP contribution in [0.3, 0.4) is 0 Å². The molecule has 0 heterocycles. The molecule has 2 heteroatoms. The first-order valence-electron chi connectivity index (χ1n) is 8.35. The summed E-state index contributed by atoms with van der Waals surface area (Å²) < 4.78 is 0. The first kappa shape index (κ1) is 17.5. The summed E-state index contributed by atoms with van der Waals surface area (Å²) in [7, 11) is 0. The number of nitriles is 1. The van der Waals surface area contributed by atoms with E-state index in [0.717, 1.165) is 18.9 Å². The second kappa shape index (κ2) is 7.46. The van der Waals surface area contributed by atoms with Crippen molar-refractivity contribution in [3.63, 3.8) is 0 Å². The van der Waals surface area contributed by atoms with Crippen LogP contribution >= 0.6 is 0 Å². The highest BCUT2D eigenvalue weighted by Crippen LogP contribution is 2.42. The Kier molecular flexibility index (Phi) is 6.52. The molecule has 116 valence electrons. The highest BCUT2D eigenvalue weighted by atomic mass is 14.5. The lowest BCUT2D eigenvalue weighted by Gasteiger charge is -2.16. The van der Waals surface area contributed by atoms with E-state index in [1.165, 1.54) is 44.9 Å². The van der Waals surface area contributed by atoms with Gasteiger partial charge in [-0.15, -0.1) is 0 Å². The van der Waals surface area contributed by atoms with Crippen molar-refractivity contribution in [3.05, 3.63) is 0 Å². The molecule has 0 aromatic heterocycles. The highest BCUT2D eigenvalue weighted by Gasteiger charge is 2.30. The lowest BCUT2D eigenvalue weighted by atomic mass is 9.90. The van der Waals surface area contributed by atoms with Crippen LogP contribution in [0.25, 0.3) is 0 Å². The van der Waals surface area contributed by atoms with Gasteiger partial charge in [-0.3, -0.25) is 0 Å². The topological polar surface area (TPSA) is 49.8 Å². The number of nitrogens with zero attached hydrogens (tertiary/aromatic N) is 1. The van der Waals surface area contributed by atoms with Crippen molar-refractivity contribution in [2.24, 2.45) is 28.4 Å². The smallest absolute Gasteiger partial charge is 0.0624 e. The Labute approximate surface area is 126 Å². The second-order valence-electron chi connectivity index (χ2n) is 8.49. The molecule has 2 fully saturated rings. The van der Waals surface area contributed by atoms with Crippen molar-refractivity contribution in [2.45, 2.75) is 79.1 Å². The molecule has 0 amide bonds. The average molecular weight is 278 g/mol. The summed E-state index contributed by atoms with van der Waals surface area (Å²) in [5.41, 5.74) is 6.62. The monoisotopic (exact) mass is 278 g/mol. The summed E-state index contributed by atoms with van der Waals surface area (Å²) in [5, 5.41) is 8.45. The fraction of sp³-hybridized carbons (Fsp3) is 0.944. The molecule has 0 bridgehead atoms. The Morgan fingerprint density at radius 2 is 1.50 bits per heavy atom. The third-order valence-electron chi connectivity index (χ3n) is 5.10. The van der Waals surface area contributed by atoms with E-state index in [2.05, 4.69) is 33.8 Å². The molecule has 2 rings (SSSR count). The van der Waals surface area contributed by atoms with Gasteiger partial charge in [0.1, 0.15) is 0 Å². The van der Waals surface area contributed by atoms with Gasteiger partial charge in [0.05, 0.1) is 6.07 Å². The fourth-order valence-electron chi connectivity index (χ4n) is 3.95. The molecule has 2 N–H and O–H groups in total. The largest absolute Gasteiger partial charge is 0.330 e. The van der Waals surface area contributed by atoms with Gasteiger partial charge in [0.25, 0.3) is 0 Å². The summed E-state index contributed by atoms with van der Waals surface area (Å²) in [6, 6.07) is 2.25. The van der Waals surface area contributed by atoms with E-state index in [-0.39, 0.29) is 0 Å². The molecule has 2 aliphatic rings. The zero-order valence-corrected chi connectivity index (χ0v) is 14.0. The van der Waals surface area contributed by atoms with Crippen LogP contribution in [0.5, 0.6) is 0 Å². The number of rotatable bonds is 3. The highest BCUT2D eigenvalue weighted by molar-refractivity contribution is 4.87. The van der Waals surface area contributed by atoms with E-state index < -0.39 is 0 Å². The Balaban J connectivity index is 0.000000200. The zero-order valence-electron chi connectivity index (χ0n) is 14.0. The van der Waals surface area contributed by atoms with Gasteiger partial charge in [0, 0.05) is 6.42 Å². The Hall–Kier alpha value is -0.550. The molecular formula is C18H34N2. The molecular weight excluding hydrogens is 244 g/mol. The standard InChI is InChI=1S/C9H19N.C9H15N/c2*1-9(2)5-3-8(7-9)4-6-10/h8H,3-7,10H2,1-2H3;8H,3-5,7H2,1-2H3. The van der Waals surface area contributed by atoms with Crippen LogP contribution in [0.1, 0.15) is 79.1 Å². The molecule has 2 saturated carbocycles. The van der Waals surface area contributed by atoms with Gasteiger partial charge in [0.2, 0.25) is 0 Å². The molecule has 0 aromatic rings. The van der Waals surface area contributed by atoms with Crippen LogP contribution in [0.2, 0.25) is 0 Å². The first-order valence-corrected chi connectivity index (χ1v) is 8.35. The molecule has 0 aliphatic heterocycles. The number of hydrogen-bond acceptors (Lipinski definition) is 2. The van der Waals surface area contributed by atoms with Crippen molar-refractivity contribution in [2.75, 3.05) is 6.54 Å². The van der Waals surface area contributed by atoms with Gasteiger partial charge in [-0.2, -0.15) is 5.26 Å². The number of nitrogens with two attached hydrogens (primary N) is 1. The Bertz CT molecular complexity index is 325. The molecule has 2 nitrogen and oxygen atoms in total. The summed E-state index contributed by atoms with van der Waals surface area (Å²) >= 11 is 0. The molecule has 20 heavy (non-hydrogen) atoms. The maximum Gasteiger partial charge on any atom is 0.0624 e. The summed E-state index contributed by atoms with van der Waals surface area (Å²) in [5.74, 6) is 1.62. The normalized spacial score (nSPS) is 30.4. The summed E-state index contributed by atoms with van der Waals surface area (Å²) in [6.07, 6.45) is 10.0.